The third-order valence-corrected chi connectivity index (χ3v) is 8.74. The number of imide groups is 1. The Hall–Kier alpha value is -3.10. The highest BCUT2D eigenvalue weighted by molar-refractivity contribution is 8.18. The fourth-order valence-electron chi connectivity index (χ4n) is 4.15. The minimum Gasteiger partial charge on any atom is -0.493 e. The average Bonchev–Trinajstić information content (AvgIpc) is 3.20. The van der Waals surface area contributed by atoms with Gasteiger partial charge < -0.3 is 9.47 Å². The van der Waals surface area contributed by atoms with Crippen molar-refractivity contribution < 1.29 is 19.1 Å². The molecule has 5 nitrogen and oxygen atoms in total. The summed E-state index contributed by atoms with van der Waals surface area (Å²) in [6.07, 6.45) is 1.67. The first kappa shape index (κ1) is 27.5. The van der Waals surface area contributed by atoms with Gasteiger partial charge in [0.25, 0.3) is 11.1 Å². The number of nitrogens with zero attached hydrogens (tertiary/aromatic N) is 1. The second kappa shape index (κ2) is 12.4. The SMILES string of the molecule is COc1cc(/C=C2\SC(=O)N(Cc3c(Cl)cccc3Cl)C2=O)ccc1OCCSc1cccc2ccccc12. The Morgan fingerprint density at radius 1 is 0.923 bits per heavy atom. The standard InChI is InChI=1S/C30H23Cl2NO4S2/c1-36-26-16-19(17-28-29(34)33(30(35)39-28)18-22-23(31)9-5-10-24(22)32)12-13-25(26)37-14-15-38-27-11-4-7-20-6-2-3-8-21(20)27/h2-13,16-17H,14-15,18H2,1H3/b28-17-. The van der Waals surface area contributed by atoms with Crippen LogP contribution in [0.4, 0.5) is 4.79 Å². The van der Waals surface area contributed by atoms with Gasteiger partial charge in [-0.1, -0.05) is 71.7 Å². The molecule has 1 fully saturated rings. The lowest BCUT2D eigenvalue weighted by molar-refractivity contribution is -0.123. The summed E-state index contributed by atoms with van der Waals surface area (Å²) < 4.78 is 11.5. The number of carbonyl (C=O) groups is 2. The molecule has 0 atom stereocenters. The highest BCUT2D eigenvalue weighted by Crippen LogP contribution is 2.37. The maximum absolute atomic E-state index is 13.0. The molecular weight excluding hydrogens is 573 g/mol. The molecule has 0 radical (unpaired) electrons. The number of fused-ring (bicyclic) bond motifs is 1. The fraction of sp³-hybridized carbons (Fsp3) is 0.133. The lowest BCUT2D eigenvalue weighted by atomic mass is 10.1. The van der Waals surface area contributed by atoms with Crippen LogP contribution in [-0.4, -0.2) is 35.5 Å². The smallest absolute Gasteiger partial charge is 0.293 e. The van der Waals surface area contributed by atoms with E-state index in [-0.39, 0.29) is 11.8 Å². The molecule has 0 unspecified atom stereocenters. The third-order valence-electron chi connectivity index (χ3n) is 6.09. The molecule has 0 aromatic heterocycles. The van der Waals surface area contributed by atoms with Crippen LogP contribution in [0, 0.1) is 0 Å². The normalized spacial score (nSPS) is 14.4. The number of benzene rings is 4. The second-order valence-electron chi connectivity index (χ2n) is 8.55. The average molecular weight is 597 g/mol. The topological polar surface area (TPSA) is 55.8 Å². The summed E-state index contributed by atoms with van der Waals surface area (Å²) in [5.41, 5.74) is 1.25. The van der Waals surface area contributed by atoms with Crippen molar-refractivity contribution in [3.05, 3.63) is 105 Å². The van der Waals surface area contributed by atoms with Crippen molar-refractivity contribution in [3.8, 4) is 11.5 Å². The molecule has 0 aliphatic carbocycles. The predicted octanol–water partition coefficient (Wildman–Crippen LogP) is 8.56. The van der Waals surface area contributed by atoms with Gasteiger partial charge in [-0.2, -0.15) is 0 Å². The molecule has 4 aromatic carbocycles. The van der Waals surface area contributed by atoms with E-state index < -0.39 is 5.91 Å². The van der Waals surface area contributed by atoms with Gasteiger partial charge in [0.2, 0.25) is 0 Å². The Balaban J connectivity index is 1.23. The van der Waals surface area contributed by atoms with Gasteiger partial charge in [0.15, 0.2) is 11.5 Å². The molecule has 1 aliphatic rings. The van der Waals surface area contributed by atoms with E-state index in [2.05, 4.69) is 30.3 Å². The summed E-state index contributed by atoms with van der Waals surface area (Å²) >= 11 is 15.1. The Labute approximate surface area is 245 Å². The van der Waals surface area contributed by atoms with Crippen molar-refractivity contribution in [1.82, 2.24) is 4.90 Å². The van der Waals surface area contributed by atoms with Gasteiger partial charge in [-0.25, -0.2) is 0 Å². The van der Waals surface area contributed by atoms with Gasteiger partial charge in [-0.3, -0.25) is 14.5 Å². The number of ether oxygens (including phenoxy) is 2. The molecule has 198 valence electrons. The van der Waals surface area contributed by atoms with Crippen molar-refractivity contribution in [2.24, 2.45) is 0 Å². The van der Waals surface area contributed by atoms with Gasteiger partial charge in [0.1, 0.15) is 0 Å². The van der Waals surface area contributed by atoms with Gasteiger partial charge in [-0.05, 0) is 64.5 Å². The van der Waals surface area contributed by atoms with Crippen molar-refractivity contribution in [2.45, 2.75) is 11.4 Å². The first-order chi connectivity index (χ1) is 18.9. The molecule has 9 heteroatoms. The highest BCUT2D eigenvalue weighted by Gasteiger charge is 2.35. The molecule has 0 bridgehead atoms. The van der Waals surface area contributed by atoms with Crippen LogP contribution in [0.25, 0.3) is 16.8 Å². The minimum atomic E-state index is -0.397. The van der Waals surface area contributed by atoms with E-state index in [1.165, 1.54) is 15.7 Å². The van der Waals surface area contributed by atoms with E-state index in [4.69, 9.17) is 32.7 Å². The Kier molecular flexibility index (Phi) is 8.72. The van der Waals surface area contributed by atoms with Crippen LogP contribution >= 0.6 is 46.7 Å². The summed E-state index contributed by atoms with van der Waals surface area (Å²) in [7, 11) is 1.57. The van der Waals surface area contributed by atoms with Crippen molar-refractivity contribution >= 4 is 74.7 Å². The van der Waals surface area contributed by atoms with Gasteiger partial charge in [-0.15, -0.1) is 11.8 Å². The van der Waals surface area contributed by atoms with Gasteiger partial charge >= 0.3 is 0 Å². The van der Waals surface area contributed by atoms with Crippen LogP contribution in [0.5, 0.6) is 11.5 Å². The van der Waals surface area contributed by atoms with E-state index >= 15 is 0 Å². The number of carbonyl (C=O) groups excluding carboxylic acids is 2. The molecule has 0 N–H and O–H groups in total. The Morgan fingerprint density at radius 2 is 1.67 bits per heavy atom. The highest BCUT2D eigenvalue weighted by atomic mass is 35.5. The Morgan fingerprint density at radius 3 is 2.46 bits per heavy atom. The van der Waals surface area contributed by atoms with Gasteiger partial charge in [0.05, 0.1) is 25.2 Å². The zero-order valence-electron chi connectivity index (χ0n) is 20.9. The molecular formula is C30H23Cl2NO4S2. The van der Waals surface area contributed by atoms with Crippen LogP contribution in [0.1, 0.15) is 11.1 Å². The van der Waals surface area contributed by atoms with E-state index in [1.807, 2.05) is 18.2 Å². The van der Waals surface area contributed by atoms with Crippen LogP contribution in [0.2, 0.25) is 10.0 Å². The largest absolute Gasteiger partial charge is 0.493 e. The van der Waals surface area contributed by atoms with Crippen LogP contribution in [-0.2, 0) is 11.3 Å². The number of hydrogen-bond donors (Lipinski definition) is 0. The van der Waals surface area contributed by atoms with Crippen molar-refractivity contribution in [2.75, 3.05) is 19.5 Å². The van der Waals surface area contributed by atoms with E-state index in [1.54, 1.807) is 55.3 Å². The quantitative estimate of drug-likeness (QED) is 0.110. The maximum atomic E-state index is 13.0. The number of halogens is 2. The molecule has 1 aliphatic heterocycles. The first-order valence-electron chi connectivity index (χ1n) is 12.0. The fourth-order valence-corrected chi connectivity index (χ4v) is 6.41. The number of methoxy groups -OCH3 is 1. The van der Waals surface area contributed by atoms with E-state index in [9.17, 15) is 9.59 Å². The molecule has 1 saturated heterocycles. The minimum absolute atomic E-state index is 0.00734. The number of amides is 2. The van der Waals surface area contributed by atoms with Crippen LogP contribution < -0.4 is 9.47 Å². The van der Waals surface area contributed by atoms with Crippen LogP contribution in [0.3, 0.4) is 0 Å². The summed E-state index contributed by atoms with van der Waals surface area (Å²) in [6.45, 7) is 0.500. The maximum Gasteiger partial charge on any atom is 0.293 e. The number of rotatable bonds is 9. The van der Waals surface area contributed by atoms with Crippen molar-refractivity contribution in [3.63, 3.8) is 0 Å². The molecule has 0 spiro atoms. The monoisotopic (exact) mass is 595 g/mol. The third kappa shape index (κ3) is 6.23. The number of thioether (sulfide) groups is 2. The molecule has 39 heavy (non-hydrogen) atoms. The van der Waals surface area contributed by atoms with E-state index in [0.717, 1.165) is 22.4 Å². The lowest BCUT2D eigenvalue weighted by Crippen LogP contribution is -2.27. The van der Waals surface area contributed by atoms with E-state index in [0.29, 0.717) is 44.2 Å². The van der Waals surface area contributed by atoms with Crippen LogP contribution in [0.15, 0.2) is 88.7 Å². The Bertz CT molecular complexity index is 1570. The molecule has 0 saturated carbocycles. The predicted molar refractivity (Wildman–Crippen MR) is 161 cm³/mol. The zero-order valence-corrected chi connectivity index (χ0v) is 24.0. The summed E-state index contributed by atoms with van der Waals surface area (Å²) in [5, 5.41) is 2.87. The van der Waals surface area contributed by atoms with Crippen molar-refractivity contribution in [1.29, 1.82) is 0 Å². The molecule has 1 heterocycles. The summed E-state index contributed by atoms with van der Waals surface area (Å²) in [5.74, 6) is 1.52. The second-order valence-corrected chi connectivity index (χ2v) is 11.5. The van der Waals surface area contributed by atoms with Gasteiger partial charge in [0, 0.05) is 26.3 Å². The molecule has 2 amide bonds. The number of hydrogen-bond acceptors (Lipinski definition) is 6. The lowest BCUT2D eigenvalue weighted by Gasteiger charge is -2.14. The summed E-state index contributed by atoms with van der Waals surface area (Å²) in [4.78, 5) is 28.3. The summed E-state index contributed by atoms with van der Waals surface area (Å²) in [6, 6.07) is 25.1. The first-order valence-corrected chi connectivity index (χ1v) is 14.6. The molecule has 4 aromatic rings. The zero-order chi connectivity index (χ0) is 27.4. The molecule has 5 rings (SSSR count).